The first-order valence-electron chi connectivity index (χ1n) is 14.9. The third-order valence-electron chi connectivity index (χ3n) is 8.81. The molecule has 2 heterocycles. The van der Waals surface area contributed by atoms with Gasteiger partial charge in [0.05, 0.1) is 29.8 Å². The predicted molar refractivity (Wildman–Crippen MR) is 157 cm³/mol. The molecule has 0 aromatic heterocycles. The lowest BCUT2D eigenvalue weighted by molar-refractivity contribution is -0.272. The molecule has 1 fully saturated rings. The third kappa shape index (κ3) is 8.85. The van der Waals surface area contributed by atoms with Gasteiger partial charge in [-0.15, -0.1) is 6.42 Å². The molecule has 0 aromatic carbocycles. The van der Waals surface area contributed by atoms with Crippen LogP contribution in [0.25, 0.3) is 0 Å². The van der Waals surface area contributed by atoms with Crippen molar-refractivity contribution in [3.8, 4) is 12.3 Å². The van der Waals surface area contributed by atoms with E-state index in [0.29, 0.717) is 18.4 Å². The summed E-state index contributed by atoms with van der Waals surface area (Å²) in [5, 5.41) is 22.8. The monoisotopic (exact) mass is 579 g/mol. The van der Waals surface area contributed by atoms with Gasteiger partial charge in [-0.2, -0.15) is 0 Å². The van der Waals surface area contributed by atoms with E-state index < -0.39 is 59.5 Å². The first-order valence-corrected chi connectivity index (χ1v) is 14.9. The van der Waals surface area contributed by atoms with Gasteiger partial charge in [-0.3, -0.25) is 9.59 Å². The number of ketones is 1. The van der Waals surface area contributed by atoms with E-state index in [1.807, 2.05) is 27.9 Å². The fourth-order valence-corrected chi connectivity index (χ4v) is 6.36. The van der Waals surface area contributed by atoms with E-state index in [2.05, 4.69) is 10.8 Å². The van der Waals surface area contributed by atoms with Crippen LogP contribution < -0.4 is 0 Å². The molecule has 0 saturated carbocycles. The molecule has 1 unspecified atom stereocenters. The van der Waals surface area contributed by atoms with Crippen molar-refractivity contribution in [2.45, 2.75) is 129 Å². The van der Waals surface area contributed by atoms with Gasteiger partial charge in [0.1, 0.15) is 18.3 Å². The van der Waals surface area contributed by atoms with Crippen molar-refractivity contribution in [3.05, 3.63) is 11.6 Å². The number of carbonyl (C=O) groups excluding carboxylic acids is 2. The van der Waals surface area contributed by atoms with Gasteiger partial charge >= 0.3 is 5.97 Å². The fourth-order valence-electron chi connectivity index (χ4n) is 6.36. The number of ether oxygens (including phenoxy) is 4. The highest BCUT2D eigenvalue weighted by atomic mass is 16.7. The second-order valence-electron chi connectivity index (χ2n) is 12.8. The zero-order chi connectivity index (χ0) is 31.3. The molecule has 0 amide bonds. The molecule has 0 bridgehead atoms. The smallest absolute Gasteiger partial charge is 0.311 e. The first kappa shape index (κ1) is 35.4. The number of carbonyl (C=O) groups is 2. The summed E-state index contributed by atoms with van der Waals surface area (Å²) in [6.07, 6.45) is 5.48. The summed E-state index contributed by atoms with van der Waals surface area (Å²) in [4.78, 5) is 29.0. The highest BCUT2D eigenvalue weighted by molar-refractivity contribution is 5.96. The number of hydrogen-bond donors (Lipinski definition) is 2. The Morgan fingerprint density at radius 1 is 1.17 bits per heavy atom. The minimum atomic E-state index is -1.59. The Hall–Kier alpha value is -1.80. The molecule has 1 saturated heterocycles. The van der Waals surface area contributed by atoms with Crippen molar-refractivity contribution in [1.29, 1.82) is 0 Å². The molecule has 0 spiro atoms. The van der Waals surface area contributed by atoms with Crippen molar-refractivity contribution in [1.82, 2.24) is 4.90 Å². The summed E-state index contributed by atoms with van der Waals surface area (Å²) < 4.78 is 24.9. The highest BCUT2D eigenvalue weighted by Crippen LogP contribution is 2.38. The number of allylic oxidation sites excluding steroid dienone is 1. The summed E-state index contributed by atoms with van der Waals surface area (Å²) >= 11 is 0. The van der Waals surface area contributed by atoms with Crippen LogP contribution in [0, 0.1) is 30.1 Å². The van der Waals surface area contributed by atoms with E-state index in [1.54, 1.807) is 34.6 Å². The average molecular weight is 580 g/mol. The second-order valence-corrected chi connectivity index (χ2v) is 12.8. The van der Waals surface area contributed by atoms with Crippen LogP contribution in [0.15, 0.2) is 11.6 Å². The lowest BCUT2D eigenvalue weighted by Crippen LogP contribution is -2.56. The van der Waals surface area contributed by atoms with Crippen molar-refractivity contribution in [2.75, 3.05) is 20.7 Å². The fraction of sp³-hybridized carbons (Fsp3) is 0.812. The SMILES string of the molecule is C#CCO[C@]1(C)C[C@@H](C)C(=O)/C(C)=C/[C@](C)(O)[C@@H](CC)OC(=O)[C@H](C)[C@@H](O)[C@H](C)[C@H]1O[C@H]1CC(N(C)C)C[C@@H](C)O1. The molecule has 9 heteroatoms. The van der Waals surface area contributed by atoms with Gasteiger partial charge in [0.25, 0.3) is 0 Å². The molecule has 2 aliphatic rings. The Morgan fingerprint density at radius 2 is 1.80 bits per heavy atom. The van der Waals surface area contributed by atoms with Crippen molar-refractivity contribution in [3.63, 3.8) is 0 Å². The molecule has 0 aliphatic carbocycles. The zero-order valence-electron chi connectivity index (χ0n) is 26.7. The summed E-state index contributed by atoms with van der Waals surface area (Å²) in [6.45, 7) is 13.9. The molecule has 2 N–H and O–H groups in total. The maximum atomic E-state index is 13.6. The van der Waals surface area contributed by atoms with E-state index in [0.717, 1.165) is 6.42 Å². The van der Waals surface area contributed by atoms with Crippen molar-refractivity contribution >= 4 is 11.8 Å². The molecule has 41 heavy (non-hydrogen) atoms. The summed E-state index contributed by atoms with van der Waals surface area (Å²) in [5.74, 6) is -0.452. The third-order valence-corrected chi connectivity index (χ3v) is 8.81. The Morgan fingerprint density at radius 3 is 2.37 bits per heavy atom. The molecule has 11 atom stereocenters. The van der Waals surface area contributed by atoms with Gasteiger partial charge in [0, 0.05) is 24.3 Å². The quantitative estimate of drug-likeness (QED) is 0.360. The standard InChI is InChI=1S/C32H53NO8/c1-12-14-38-32(9)18-20(4)27(34)19(3)17-31(8,37)25(13-2)40-30(36)23(7)28(35)22(6)29(32)41-26-16-24(33(10)11)15-21(5)39-26/h1,17,20-26,28-29,35,37H,13-16,18H2,2-11H3/b19-17+/t20-,21-,22+,23-,24?,25-,26+,28+,29-,31+,32-/m1/s1. The van der Waals surface area contributed by atoms with Crippen LogP contribution in [0.1, 0.15) is 81.1 Å². The molecule has 2 aliphatic heterocycles. The normalized spacial score (nSPS) is 43.0. The first-order chi connectivity index (χ1) is 19.0. The maximum absolute atomic E-state index is 13.6. The lowest BCUT2D eigenvalue weighted by atomic mass is 9.76. The predicted octanol–water partition coefficient (Wildman–Crippen LogP) is 3.50. The molecule has 9 nitrogen and oxygen atoms in total. The Kier molecular flexibility index (Phi) is 12.6. The van der Waals surface area contributed by atoms with Crippen LogP contribution in [-0.2, 0) is 28.5 Å². The van der Waals surface area contributed by atoms with Crippen molar-refractivity contribution < 1.29 is 38.7 Å². The van der Waals surface area contributed by atoms with E-state index >= 15 is 0 Å². The van der Waals surface area contributed by atoms with Gasteiger partial charge in [-0.05, 0) is 79.6 Å². The van der Waals surface area contributed by atoms with Crippen molar-refractivity contribution in [2.24, 2.45) is 17.8 Å². The van der Waals surface area contributed by atoms with Crippen LogP contribution in [0.5, 0.6) is 0 Å². The van der Waals surface area contributed by atoms with E-state index in [4.69, 9.17) is 25.4 Å². The number of esters is 1. The molecule has 2 rings (SSSR count). The second kappa shape index (κ2) is 14.6. The minimum absolute atomic E-state index is 0.0400. The van der Waals surface area contributed by atoms with Gasteiger partial charge in [-0.1, -0.05) is 26.7 Å². The Balaban J connectivity index is 2.64. The van der Waals surface area contributed by atoms with Gasteiger partial charge < -0.3 is 34.1 Å². The summed E-state index contributed by atoms with van der Waals surface area (Å²) in [5.41, 5.74) is -2.37. The summed E-state index contributed by atoms with van der Waals surface area (Å²) in [6, 6.07) is 0.223. The van der Waals surface area contributed by atoms with Crippen LogP contribution in [-0.4, -0.2) is 95.5 Å². The number of hydrogen-bond acceptors (Lipinski definition) is 9. The largest absolute Gasteiger partial charge is 0.459 e. The van der Waals surface area contributed by atoms with Gasteiger partial charge in [0.15, 0.2) is 12.1 Å². The number of nitrogens with zero attached hydrogens (tertiary/aromatic N) is 1. The number of Topliss-reactive ketones (excluding diaryl/α,β-unsaturated/α-hetero) is 1. The lowest BCUT2D eigenvalue weighted by Gasteiger charge is -2.46. The van der Waals surface area contributed by atoms with Gasteiger partial charge in [-0.25, -0.2) is 0 Å². The topological polar surface area (TPSA) is 115 Å². The zero-order valence-corrected chi connectivity index (χ0v) is 26.7. The molecule has 0 aromatic rings. The van der Waals surface area contributed by atoms with Crippen LogP contribution >= 0.6 is 0 Å². The number of cyclic esters (lactones) is 1. The molecule has 0 radical (unpaired) electrons. The number of aliphatic hydroxyl groups excluding tert-OH is 1. The molecular formula is C32H53NO8. The number of terminal acetylenes is 1. The Bertz CT molecular complexity index is 971. The average Bonchev–Trinajstić information content (AvgIpc) is 2.90. The van der Waals surface area contributed by atoms with Crippen LogP contribution in [0.3, 0.4) is 0 Å². The molecule has 234 valence electrons. The maximum Gasteiger partial charge on any atom is 0.311 e. The minimum Gasteiger partial charge on any atom is -0.459 e. The highest BCUT2D eigenvalue weighted by Gasteiger charge is 2.48. The van der Waals surface area contributed by atoms with E-state index in [1.165, 1.54) is 13.0 Å². The van der Waals surface area contributed by atoms with Crippen LogP contribution in [0.2, 0.25) is 0 Å². The number of aliphatic hydroxyl groups is 2. The number of rotatable bonds is 6. The van der Waals surface area contributed by atoms with E-state index in [9.17, 15) is 19.8 Å². The van der Waals surface area contributed by atoms with Gasteiger partial charge in [0.2, 0.25) is 0 Å². The summed E-state index contributed by atoms with van der Waals surface area (Å²) in [7, 11) is 4.04. The van der Waals surface area contributed by atoms with Crippen LogP contribution in [0.4, 0.5) is 0 Å². The van der Waals surface area contributed by atoms with E-state index in [-0.39, 0.29) is 31.0 Å². The Labute approximate surface area is 246 Å². The molecular weight excluding hydrogens is 526 g/mol.